The lowest BCUT2D eigenvalue weighted by atomic mass is 10.0. The monoisotopic (exact) mass is 1400 g/mol. The number of phosphoric acid groups is 2. The van der Waals surface area contributed by atoms with Gasteiger partial charge in [0.2, 0.25) is 0 Å². The van der Waals surface area contributed by atoms with Gasteiger partial charge < -0.3 is 34.2 Å². The molecule has 0 aromatic rings. The first-order valence-corrected chi connectivity index (χ1v) is 40.8. The smallest absolute Gasteiger partial charge is 0.463 e. The standard InChI is InChI=1S/C79H136O16P2/c1-4-7-10-13-16-19-22-25-28-30-32-34-35-36-37-39-41-42-45-47-50-53-56-59-62-65-77(82)89-68-74(80)69-91-96(85,86)92-70-75(81)71-93-97(87,88)94-73-76(95-79(84)67-64-61-58-55-52-49-44-27-24-21-18-15-12-9-6-3)72-90-78(83)66-63-60-57-54-51-48-46-43-40-38-33-31-29-26-23-20-17-14-11-8-5-2/h7-8,10-11,16-17,19-20,25-26,28-29,32-34,36-38,43,46,74-76,80-81H,4-6,9,12-15,18,21-24,27,30-31,35,39-42,44-45,47-73H2,1-3H3,(H,85,86)(H,87,88)/b10-7-,11-8-,19-16-,20-17-,28-25-,29-26-,34-32-,37-36-,38-33-,46-43-. The summed E-state index contributed by atoms with van der Waals surface area (Å²) in [6.45, 7) is 2.44. The van der Waals surface area contributed by atoms with Crippen molar-refractivity contribution in [3.63, 3.8) is 0 Å². The lowest BCUT2D eigenvalue weighted by molar-refractivity contribution is -0.161. The number of aliphatic hydroxyl groups excluding tert-OH is 2. The Labute approximate surface area is 589 Å². The zero-order chi connectivity index (χ0) is 70.9. The molecule has 0 aliphatic rings. The van der Waals surface area contributed by atoms with Crippen LogP contribution >= 0.6 is 15.6 Å². The predicted molar refractivity (Wildman–Crippen MR) is 399 cm³/mol. The van der Waals surface area contributed by atoms with Crippen LogP contribution in [0.2, 0.25) is 0 Å². The number of allylic oxidation sites excluding steroid dienone is 20. The molecule has 5 unspecified atom stereocenters. The number of unbranched alkanes of at least 4 members (excludes halogenated alkanes) is 28. The van der Waals surface area contributed by atoms with Crippen LogP contribution in [0.3, 0.4) is 0 Å². The van der Waals surface area contributed by atoms with E-state index < -0.39 is 91.5 Å². The van der Waals surface area contributed by atoms with E-state index in [9.17, 15) is 43.5 Å². The molecule has 0 bridgehead atoms. The van der Waals surface area contributed by atoms with Crippen LogP contribution in [-0.2, 0) is 55.8 Å². The number of ether oxygens (including phenoxy) is 3. The lowest BCUT2D eigenvalue weighted by Gasteiger charge is -2.21. The highest BCUT2D eigenvalue weighted by molar-refractivity contribution is 7.47. The molecule has 18 heteroatoms. The van der Waals surface area contributed by atoms with Gasteiger partial charge in [0.25, 0.3) is 0 Å². The third-order valence-corrected chi connectivity index (χ3v) is 17.6. The molecule has 97 heavy (non-hydrogen) atoms. The van der Waals surface area contributed by atoms with Crippen molar-refractivity contribution >= 4 is 33.6 Å². The highest BCUT2D eigenvalue weighted by Gasteiger charge is 2.29. The summed E-state index contributed by atoms with van der Waals surface area (Å²) < 4.78 is 61.1. The van der Waals surface area contributed by atoms with Crippen LogP contribution in [0, 0.1) is 0 Å². The van der Waals surface area contributed by atoms with Crippen LogP contribution in [0.4, 0.5) is 0 Å². The molecule has 0 aliphatic heterocycles. The van der Waals surface area contributed by atoms with E-state index in [2.05, 4.69) is 142 Å². The van der Waals surface area contributed by atoms with Crippen molar-refractivity contribution in [3.05, 3.63) is 122 Å². The Morgan fingerprint density at radius 1 is 0.299 bits per heavy atom. The molecule has 558 valence electrons. The number of rotatable bonds is 71. The van der Waals surface area contributed by atoms with Gasteiger partial charge in [-0.05, 0) is 109 Å². The van der Waals surface area contributed by atoms with Gasteiger partial charge in [0, 0.05) is 19.3 Å². The van der Waals surface area contributed by atoms with Gasteiger partial charge >= 0.3 is 33.6 Å². The van der Waals surface area contributed by atoms with E-state index in [0.717, 1.165) is 154 Å². The van der Waals surface area contributed by atoms with Gasteiger partial charge in [-0.1, -0.05) is 296 Å². The van der Waals surface area contributed by atoms with E-state index in [-0.39, 0.29) is 19.3 Å². The minimum Gasteiger partial charge on any atom is -0.463 e. The number of carbonyl (C=O) groups is 3. The number of hydrogen-bond acceptors (Lipinski definition) is 14. The Hall–Kier alpha value is -4.05. The van der Waals surface area contributed by atoms with Crippen molar-refractivity contribution in [1.29, 1.82) is 0 Å². The molecule has 0 aliphatic carbocycles. The van der Waals surface area contributed by atoms with E-state index in [1.165, 1.54) is 89.9 Å². The fourth-order valence-corrected chi connectivity index (χ4v) is 11.6. The van der Waals surface area contributed by atoms with E-state index in [1.807, 2.05) is 0 Å². The van der Waals surface area contributed by atoms with Crippen LogP contribution in [0.5, 0.6) is 0 Å². The fraction of sp³-hybridized carbons (Fsp3) is 0.709. The maximum Gasteiger partial charge on any atom is 0.472 e. The van der Waals surface area contributed by atoms with Crippen molar-refractivity contribution < 1.29 is 75.8 Å². The Kier molecular flexibility index (Phi) is 68.8. The average Bonchev–Trinajstić information content (AvgIpc) is 1.82. The Morgan fingerprint density at radius 3 is 0.866 bits per heavy atom. The van der Waals surface area contributed by atoms with Crippen molar-refractivity contribution in [1.82, 2.24) is 0 Å². The SMILES string of the molecule is CC/C=C\C/C=C\C/C=C\C/C=C\C/C=C\CCCCCCCCCCCC(=O)OCC(O)COP(=O)(O)OCC(O)COP(=O)(O)OCC(COC(=O)CCCCCCC/C=C\C/C=C\C/C=C\C/C=C\C/C=C\CC)OC(=O)CCCCCCCCCCCCCCCCC. The van der Waals surface area contributed by atoms with Gasteiger partial charge in [-0.25, -0.2) is 9.13 Å². The summed E-state index contributed by atoms with van der Waals surface area (Å²) >= 11 is 0. The molecule has 0 radical (unpaired) electrons. The summed E-state index contributed by atoms with van der Waals surface area (Å²) in [5, 5.41) is 20.6. The summed E-state index contributed by atoms with van der Waals surface area (Å²) in [6, 6.07) is 0. The second kappa shape index (κ2) is 71.8. The zero-order valence-corrected chi connectivity index (χ0v) is 62.5. The predicted octanol–water partition coefficient (Wildman–Crippen LogP) is 21.8. The highest BCUT2D eigenvalue weighted by Crippen LogP contribution is 2.45. The second-order valence-electron chi connectivity index (χ2n) is 25.0. The Bertz CT molecular complexity index is 2250. The molecule has 0 aromatic heterocycles. The van der Waals surface area contributed by atoms with Gasteiger partial charge in [-0.2, -0.15) is 0 Å². The summed E-state index contributed by atoms with van der Waals surface area (Å²) in [5.41, 5.74) is 0. The molecular formula is C79H136O16P2. The minimum atomic E-state index is -4.93. The molecule has 0 heterocycles. The van der Waals surface area contributed by atoms with Crippen molar-refractivity contribution in [2.75, 3.05) is 39.6 Å². The molecule has 0 spiro atoms. The lowest BCUT2D eigenvalue weighted by Crippen LogP contribution is -2.30. The van der Waals surface area contributed by atoms with Gasteiger partial charge in [-0.3, -0.25) is 32.5 Å². The van der Waals surface area contributed by atoms with Gasteiger partial charge in [0.05, 0.1) is 26.4 Å². The molecule has 0 aromatic carbocycles. The Morgan fingerprint density at radius 2 is 0.546 bits per heavy atom. The number of phosphoric ester groups is 2. The molecule has 0 fully saturated rings. The number of aliphatic hydroxyl groups is 2. The topological polar surface area (TPSA) is 231 Å². The molecule has 0 rings (SSSR count). The molecule has 0 saturated heterocycles. The van der Waals surface area contributed by atoms with Crippen LogP contribution in [0.25, 0.3) is 0 Å². The van der Waals surface area contributed by atoms with E-state index in [0.29, 0.717) is 19.3 Å². The third kappa shape index (κ3) is 73.0. The van der Waals surface area contributed by atoms with Crippen LogP contribution < -0.4 is 0 Å². The first kappa shape index (κ1) is 93.0. The summed E-state index contributed by atoms with van der Waals surface area (Å²) in [4.78, 5) is 58.6. The third-order valence-electron chi connectivity index (χ3n) is 15.7. The minimum absolute atomic E-state index is 0.101. The fourth-order valence-electron chi connectivity index (χ4n) is 9.98. The molecule has 16 nitrogen and oxygen atoms in total. The quantitative estimate of drug-likeness (QED) is 0.0146. The largest absolute Gasteiger partial charge is 0.472 e. The molecule has 5 atom stereocenters. The maximum absolute atomic E-state index is 13.0. The maximum atomic E-state index is 13.0. The van der Waals surface area contributed by atoms with E-state index >= 15 is 0 Å². The van der Waals surface area contributed by atoms with E-state index in [1.54, 1.807) is 0 Å². The normalized spacial score (nSPS) is 14.8. The van der Waals surface area contributed by atoms with Crippen LogP contribution in [0.15, 0.2) is 122 Å². The first-order valence-electron chi connectivity index (χ1n) is 37.8. The summed E-state index contributed by atoms with van der Waals surface area (Å²) in [6.07, 6.45) is 83.8. The highest BCUT2D eigenvalue weighted by atomic mass is 31.2. The van der Waals surface area contributed by atoms with Crippen LogP contribution in [-0.4, -0.2) is 95.9 Å². The second-order valence-corrected chi connectivity index (χ2v) is 28.0. The Balaban J connectivity index is 4.61. The number of esters is 3. The van der Waals surface area contributed by atoms with E-state index in [4.69, 9.17) is 32.3 Å². The van der Waals surface area contributed by atoms with Crippen LogP contribution in [0.1, 0.15) is 303 Å². The molecule has 4 N–H and O–H groups in total. The molecule has 0 saturated carbocycles. The summed E-state index contributed by atoms with van der Waals surface area (Å²) in [5.74, 6) is -1.60. The molecule has 0 amide bonds. The van der Waals surface area contributed by atoms with Gasteiger partial charge in [-0.15, -0.1) is 0 Å². The van der Waals surface area contributed by atoms with Gasteiger partial charge in [0.15, 0.2) is 6.10 Å². The zero-order valence-electron chi connectivity index (χ0n) is 60.7. The molecular weight excluding hydrogens is 1270 g/mol. The first-order chi connectivity index (χ1) is 47.2. The average molecular weight is 1400 g/mol. The van der Waals surface area contributed by atoms with Gasteiger partial charge in [0.1, 0.15) is 25.4 Å². The van der Waals surface area contributed by atoms with Crippen molar-refractivity contribution in [2.24, 2.45) is 0 Å². The van der Waals surface area contributed by atoms with Crippen molar-refractivity contribution in [3.8, 4) is 0 Å². The van der Waals surface area contributed by atoms with Crippen molar-refractivity contribution in [2.45, 2.75) is 322 Å². The summed E-state index contributed by atoms with van der Waals surface area (Å²) in [7, 11) is -9.79. The number of carbonyl (C=O) groups excluding carboxylic acids is 3. The number of hydrogen-bond donors (Lipinski definition) is 4.